The van der Waals surface area contributed by atoms with E-state index in [1.165, 1.54) is 0 Å². The Morgan fingerprint density at radius 2 is 1.10 bits per heavy atom. The molecule has 116 valence electrons. The summed E-state index contributed by atoms with van der Waals surface area (Å²) in [7, 11) is 0. The van der Waals surface area contributed by atoms with Crippen molar-refractivity contribution in [2.45, 2.75) is 0 Å². The number of nitrogens with one attached hydrogen (secondary N) is 2. The van der Waals surface area contributed by atoms with Crippen molar-refractivity contribution in [3.63, 3.8) is 0 Å². The van der Waals surface area contributed by atoms with Crippen molar-refractivity contribution in [1.29, 1.82) is 0 Å². The Morgan fingerprint density at radius 1 is 0.857 bits per heavy atom. The summed E-state index contributed by atoms with van der Waals surface area (Å²) in [5.41, 5.74) is 0. The van der Waals surface area contributed by atoms with Gasteiger partial charge in [-0.2, -0.15) is 0 Å². The number of hydrogen-bond donors (Lipinski definition) is 6. The van der Waals surface area contributed by atoms with Crippen molar-refractivity contribution in [2.75, 3.05) is 0 Å². The van der Waals surface area contributed by atoms with Crippen LogP contribution >= 0.6 is 0 Å². The monoisotopic (exact) mass is 322 g/mol. The molecular weight excluding hydrogens is 311 g/mol. The predicted octanol–water partition coefficient (Wildman–Crippen LogP) is -2.64. The predicted molar refractivity (Wildman–Crippen MR) is 62.1 cm³/mol. The van der Waals surface area contributed by atoms with Gasteiger partial charge in [0.1, 0.15) is 0 Å². The number of aromatic nitrogens is 8. The molecule has 0 saturated carbocycles. The van der Waals surface area contributed by atoms with Gasteiger partial charge in [-0.05, 0) is 20.9 Å². The van der Waals surface area contributed by atoms with Gasteiger partial charge in [-0.25, -0.2) is 10.2 Å². The maximum Gasteiger partial charge on any atom is 0.218 e. The minimum atomic E-state index is -1.50. The van der Waals surface area contributed by atoms with Gasteiger partial charge in [0, 0.05) is 0 Å². The summed E-state index contributed by atoms with van der Waals surface area (Å²) in [6.45, 7) is 0. The second kappa shape index (κ2) is 15.5. The molecule has 21 heavy (non-hydrogen) atoms. The van der Waals surface area contributed by atoms with E-state index in [1.54, 1.807) is 0 Å². The Morgan fingerprint density at radius 3 is 1.24 bits per heavy atom. The number of H-pyrrole nitrogens is 2. The molecule has 2 heterocycles. The molecule has 0 radical (unpaired) electrons. The van der Waals surface area contributed by atoms with E-state index in [2.05, 4.69) is 41.2 Å². The quantitative estimate of drug-likeness (QED) is 0.177. The third kappa shape index (κ3) is 17.5. The van der Waals surface area contributed by atoms with Crippen molar-refractivity contribution in [3.05, 3.63) is 20.2 Å². The van der Waals surface area contributed by atoms with Crippen molar-refractivity contribution in [2.24, 2.45) is 0 Å². The Hall–Kier alpha value is -2.54. The van der Waals surface area contributed by atoms with E-state index in [0.29, 0.717) is 11.6 Å². The fraction of sp³-hybridized carbons (Fsp3) is 0. The molecule has 0 unspecified atom stereocenters. The molecule has 0 amide bonds. The molecule has 0 aliphatic carbocycles. The summed E-state index contributed by atoms with van der Waals surface area (Å²) in [6.07, 6.45) is 0. The summed E-state index contributed by atoms with van der Waals surface area (Å²) in [5, 5.41) is 52.8. The molecule has 0 fully saturated rings. The summed E-state index contributed by atoms with van der Waals surface area (Å²) in [5.74, 6) is 0.843. The first-order valence-electron chi connectivity index (χ1n) is 3.57. The third-order valence-corrected chi connectivity index (χ3v) is 0.915. The molecule has 10 N–H and O–H groups in total. The van der Waals surface area contributed by atoms with E-state index in [0.717, 1.165) is 0 Å². The zero-order valence-corrected chi connectivity index (χ0v) is 9.52. The van der Waals surface area contributed by atoms with Gasteiger partial charge in [-0.15, -0.1) is 30.4 Å². The molecular formula is C2H11N12NaO6. The van der Waals surface area contributed by atoms with Crippen molar-refractivity contribution < 1.29 is 20.6 Å². The molecule has 0 saturated heterocycles. The van der Waals surface area contributed by atoms with Gasteiger partial charge in [-0.1, -0.05) is 0 Å². The van der Waals surface area contributed by atoms with E-state index in [4.69, 9.17) is 30.6 Å². The largest absolute Gasteiger partial charge is 0.236 e. The van der Waals surface area contributed by atoms with Crippen LogP contribution in [-0.2, 0) is 0 Å². The fourth-order valence-corrected chi connectivity index (χ4v) is 0.519. The van der Waals surface area contributed by atoms with Crippen LogP contribution in [0.1, 0.15) is 0 Å². The summed E-state index contributed by atoms with van der Waals surface area (Å²) >= 11 is 0. The molecule has 0 bridgehead atoms. The van der Waals surface area contributed by atoms with Gasteiger partial charge in [0.05, 0.1) is 0 Å². The molecule has 0 aromatic carbocycles. The van der Waals surface area contributed by atoms with Gasteiger partial charge in [0.15, 0.2) is 0 Å². The molecule has 19 heteroatoms. The minimum Gasteiger partial charge on any atom is -0.236 e. The molecule has 2 rings (SSSR count). The van der Waals surface area contributed by atoms with Crippen LogP contribution in [0.3, 0.4) is 0 Å². The minimum absolute atomic E-state index is 0. The van der Waals surface area contributed by atoms with Crippen molar-refractivity contribution >= 4 is 29.6 Å². The average Bonchev–Trinajstić information content (AvgIpc) is 2.89. The number of rotatable bonds is 1. The topological polar surface area (TPSA) is 306 Å². The molecule has 0 aliphatic rings. The third-order valence-electron chi connectivity index (χ3n) is 0.915. The van der Waals surface area contributed by atoms with E-state index >= 15 is 0 Å². The first-order chi connectivity index (χ1) is 8.43. The molecule has 0 aliphatic heterocycles. The Kier molecular flexibility index (Phi) is 19.9. The second-order valence-electron chi connectivity index (χ2n) is 1.98. The van der Waals surface area contributed by atoms with E-state index < -0.39 is 10.2 Å². The maximum absolute atomic E-state index is 8.36. The fourth-order valence-electron chi connectivity index (χ4n) is 0.519. The van der Waals surface area contributed by atoms with E-state index in [1.807, 2.05) is 0 Å². The van der Waals surface area contributed by atoms with Crippen LogP contribution in [0.15, 0.2) is 0 Å². The van der Waals surface area contributed by atoms with Gasteiger partial charge in [-0.3, -0.25) is 0 Å². The Labute approximate surface area is 136 Å². The second-order valence-corrected chi connectivity index (χ2v) is 1.98. The van der Waals surface area contributed by atoms with Gasteiger partial charge in [0.25, 0.3) is 10.2 Å². The molecule has 2 aromatic rings. The smallest absolute Gasteiger partial charge is 0.218 e. The summed E-state index contributed by atoms with van der Waals surface area (Å²) in [6, 6.07) is 0. The zero-order chi connectivity index (χ0) is 14.0. The van der Waals surface area contributed by atoms with Gasteiger partial charge < -0.3 is 22.7 Å². The van der Waals surface area contributed by atoms with Crippen LogP contribution in [0.5, 0.6) is 0 Å². The zero-order valence-electron chi connectivity index (χ0n) is 9.52. The molecule has 18 nitrogen and oxygen atoms in total. The van der Waals surface area contributed by atoms with Crippen LogP contribution in [-0.4, -0.2) is 91.4 Å². The van der Waals surface area contributed by atoms with Crippen LogP contribution in [0, 0.1) is 20.2 Å². The number of hydrogen-bond acceptors (Lipinski definition) is 12. The molecule has 0 spiro atoms. The Balaban J connectivity index is -0.000000115. The Bertz CT molecular complexity index is 404. The number of aromatic amines is 2. The molecule has 0 atom stereocenters. The van der Waals surface area contributed by atoms with Crippen LogP contribution in [0.25, 0.3) is 11.6 Å². The molecule has 2 aromatic heterocycles. The normalized spacial score (nSPS) is 7.05. The first kappa shape index (κ1) is 26.9. The van der Waals surface area contributed by atoms with E-state index in [9.17, 15) is 0 Å². The number of nitrogens with zero attached hydrogens (tertiary/aromatic N) is 8. The van der Waals surface area contributed by atoms with Crippen LogP contribution in [0.4, 0.5) is 0 Å². The van der Waals surface area contributed by atoms with Crippen molar-refractivity contribution in [3.8, 4) is 11.6 Å². The standard InChI is InChI=1S/C2H2N8.2HNO3.2H3N.Na.H/c3-1(4-8-7-3)2-5-9-10-6-2;2*2-1(3)4;;;;/h(H,3,4,7,8)(H,5,6,9,10);2*(H,2,3,4);2*1H3;;. The van der Waals surface area contributed by atoms with Gasteiger partial charge >= 0.3 is 29.6 Å². The van der Waals surface area contributed by atoms with Gasteiger partial charge in [0.2, 0.25) is 11.6 Å². The maximum atomic E-state index is 8.36. The summed E-state index contributed by atoms with van der Waals surface area (Å²) < 4.78 is 0. The van der Waals surface area contributed by atoms with Crippen molar-refractivity contribution in [1.82, 2.24) is 53.5 Å². The van der Waals surface area contributed by atoms with E-state index in [-0.39, 0.29) is 41.9 Å². The van der Waals surface area contributed by atoms with Crippen LogP contribution < -0.4 is 12.3 Å². The average molecular weight is 322 g/mol. The number of tetrazole rings is 2. The first-order valence-corrected chi connectivity index (χ1v) is 3.57. The SMILES string of the molecule is N.N.O=[N+]([O-])O.O=[N+]([O-])O.[NaH].n1n[nH]c(-c2nnn[nH]2)n1. The summed E-state index contributed by atoms with van der Waals surface area (Å²) in [4.78, 5) is 16.7. The van der Waals surface area contributed by atoms with Crippen LogP contribution in [0.2, 0.25) is 0 Å².